The maximum atomic E-state index is 12.4. The van der Waals surface area contributed by atoms with Gasteiger partial charge < -0.3 is 5.11 Å². The number of aliphatic hydroxyl groups is 1. The molecule has 1 aromatic rings. The van der Waals surface area contributed by atoms with Gasteiger partial charge >= 0.3 is 0 Å². The van der Waals surface area contributed by atoms with E-state index in [0.717, 1.165) is 5.56 Å². The predicted molar refractivity (Wildman–Crippen MR) is 45.3 cm³/mol. The van der Waals surface area contributed by atoms with Gasteiger partial charge in [0.05, 0.1) is 6.61 Å². The molecule has 0 heterocycles. The highest BCUT2D eigenvalue weighted by Crippen LogP contribution is 1.95. The van der Waals surface area contributed by atoms with Gasteiger partial charge in [-0.25, -0.2) is 4.39 Å². The first-order valence-corrected chi connectivity index (χ1v) is 3.64. The first-order valence-electron chi connectivity index (χ1n) is 3.64. The molecule has 0 radical (unpaired) electrons. The number of hydrogen-bond donors (Lipinski definition) is 1. The largest absolute Gasteiger partial charge is 0.392 e. The van der Waals surface area contributed by atoms with Crippen LogP contribution in [0.25, 0.3) is 0 Å². The van der Waals surface area contributed by atoms with Crippen molar-refractivity contribution in [3.63, 3.8) is 0 Å². The van der Waals surface area contributed by atoms with E-state index in [1.54, 1.807) is 12.1 Å². The van der Waals surface area contributed by atoms with Crippen LogP contribution in [-0.2, 0) is 0 Å². The molecule has 0 fully saturated rings. The monoisotopic (exact) mass is 164 g/mol. The third kappa shape index (κ3) is 2.73. The fourth-order valence-corrected chi connectivity index (χ4v) is 0.729. The zero-order chi connectivity index (χ0) is 8.81. The lowest BCUT2D eigenvalue weighted by Gasteiger charge is -1.90. The summed E-state index contributed by atoms with van der Waals surface area (Å²) in [7, 11) is 0. The van der Waals surface area contributed by atoms with Crippen molar-refractivity contribution in [1.29, 1.82) is 0 Å². The topological polar surface area (TPSA) is 20.2 Å². The molecule has 0 aliphatic heterocycles. The van der Waals surface area contributed by atoms with Crippen molar-refractivity contribution in [2.24, 2.45) is 0 Å². The van der Waals surface area contributed by atoms with Crippen molar-refractivity contribution in [3.8, 4) is 11.8 Å². The molecule has 62 valence electrons. The molecule has 0 aromatic heterocycles. The Morgan fingerprint density at radius 3 is 2.58 bits per heavy atom. The highest BCUT2D eigenvalue weighted by Gasteiger charge is 1.95. The van der Waals surface area contributed by atoms with Crippen molar-refractivity contribution in [2.75, 3.05) is 6.61 Å². The molecule has 12 heavy (non-hydrogen) atoms. The van der Waals surface area contributed by atoms with Crippen molar-refractivity contribution in [1.82, 2.24) is 0 Å². The van der Waals surface area contributed by atoms with Crippen molar-refractivity contribution >= 4 is 0 Å². The molecule has 1 N–H and O–H groups in total. The van der Waals surface area contributed by atoms with Crippen LogP contribution in [0.15, 0.2) is 30.3 Å². The molecule has 1 rings (SSSR count). The number of aliphatic hydroxyl groups excluding tert-OH is 1. The standard InChI is InChI=1S/C10H9FO/c11-10(8-12)7-6-9-4-2-1-3-5-9/h1-5,10,12H,8H2. The van der Waals surface area contributed by atoms with Crippen LogP contribution in [0, 0.1) is 11.8 Å². The Balaban J connectivity index is 2.67. The van der Waals surface area contributed by atoms with E-state index in [0.29, 0.717) is 0 Å². The van der Waals surface area contributed by atoms with E-state index >= 15 is 0 Å². The van der Waals surface area contributed by atoms with Gasteiger partial charge in [-0.05, 0) is 12.1 Å². The van der Waals surface area contributed by atoms with Crippen LogP contribution in [0.3, 0.4) is 0 Å². The molecule has 1 atom stereocenters. The van der Waals surface area contributed by atoms with Gasteiger partial charge in [0, 0.05) is 5.56 Å². The predicted octanol–water partition coefficient (Wildman–Crippen LogP) is 1.37. The molecule has 1 unspecified atom stereocenters. The average molecular weight is 164 g/mol. The molecular weight excluding hydrogens is 155 g/mol. The number of alkyl halides is 1. The van der Waals surface area contributed by atoms with E-state index in [2.05, 4.69) is 11.8 Å². The molecule has 1 nitrogen and oxygen atoms in total. The average Bonchev–Trinajstić information content (AvgIpc) is 2.16. The molecule has 2 heteroatoms. The SMILES string of the molecule is OCC(F)C#Cc1ccccc1. The summed E-state index contributed by atoms with van der Waals surface area (Å²) in [5, 5.41) is 8.34. The summed E-state index contributed by atoms with van der Waals surface area (Å²) in [6.45, 7) is -0.542. The third-order valence-electron chi connectivity index (χ3n) is 1.31. The maximum Gasteiger partial charge on any atom is 0.183 e. The van der Waals surface area contributed by atoms with Crippen LogP contribution >= 0.6 is 0 Å². The van der Waals surface area contributed by atoms with Crippen LogP contribution in [0.1, 0.15) is 5.56 Å². The quantitative estimate of drug-likeness (QED) is 0.621. The Kier molecular flexibility index (Phi) is 3.31. The van der Waals surface area contributed by atoms with E-state index in [-0.39, 0.29) is 0 Å². The molecule has 0 spiro atoms. The van der Waals surface area contributed by atoms with E-state index < -0.39 is 12.8 Å². The fraction of sp³-hybridized carbons (Fsp3) is 0.200. The normalized spacial score (nSPS) is 11.5. The molecule has 0 saturated heterocycles. The Morgan fingerprint density at radius 2 is 2.00 bits per heavy atom. The molecular formula is C10H9FO. The summed E-state index contributed by atoms with van der Waals surface area (Å²) in [4.78, 5) is 0. The fourth-order valence-electron chi connectivity index (χ4n) is 0.729. The van der Waals surface area contributed by atoms with Gasteiger partial charge in [0.15, 0.2) is 6.17 Å². The van der Waals surface area contributed by atoms with E-state index in [1.807, 2.05) is 18.2 Å². The lowest BCUT2D eigenvalue weighted by Crippen LogP contribution is -2.01. The second-order valence-corrected chi connectivity index (χ2v) is 2.29. The van der Waals surface area contributed by atoms with E-state index in [9.17, 15) is 4.39 Å². The van der Waals surface area contributed by atoms with Gasteiger partial charge in [0.25, 0.3) is 0 Å². The first kappa shape index (κ1) is 8.76. The summed E-state index contributed by atoms with van der Waals surface area (Å²) in [5.74, 6) is 4.89. The summed E-state index contributed by atoms with van der Waals surface area (Å²) in [6.07, 6.45) is -1.44. The number of rotatable bonds is 1. The zero-order valence-electron chi connectivity index (χ0n) is 6.50. The number of hydrogen-bond acceptors (Lipinski definition) is 1. The summed E-state index contributed by atoms with van der Waals surface area (Å²) >= 11 is 0. The lowest BCUT2D eigenvalue weighted by molar-refractivity contribution is 0.215. The van der Waals surface area contributed by atoms with Crippen molar-refractivity contribution in [3.05, 3.63) is 35.9 Å². The third-order valence-corrected chi connectivity index (χ3v) is 1.31. The van der Waals surface area contributed by atoms with E-state index in [4.69, 9.17) is 5.11 Å². The molecule has 0 aliphatic carbocycles. The van der Waals surface area contributed by atoms with Gasteiger partial charge in [-0.3, -0.25) is 0 Å². The minimum Gasteiger partial charge on any atom is -0.392 e. The Hall–Kier alpha value is -1.33. The zero-order valence-corrected chi connectivity index (χ0v) is 6.50. The lowest BCUT2D eigenvalue weighted by atomic mass is 10.2. The second kappa shape index (κ2) is 4.53. The summed E-state index contributed by atoms with van der Waals surface area (Å²) in [6, 6.07) is 9.10. The highest BCUT2D eigenvalue weighted by atomic mass is 19.1. The van der Waals surface area contributed by atoms with Gasteiger partial charge in [0.2, 0.25) is 0 Å². The summed E-state index contributed by atoms with van der Waals surface area (Å²) in [5.41, 5.74) is 0.758. The van der Waals surface area contributed by atoms with Crippen molar-refractivity contribution in [2.45, 2.75) is 6.17 Å². The van der Waals surface area contributed by atoms with Crippen LogP contribution in [0.2, 0.25) is 0 Å². The van der Waals surface area contributed by atoms with Crippen LogP contribution in [0.5, 0.6) is 0 Å². The van der Waals surface area contributed by atoms with Gasteiger partial charge in [-0.1, -0.05) is 30.0 Å². The first-order chi connectivity index (χ1) is 5.83. The second-order valence-electron chi connectivity index (χ2n) is 2.29. The van der Waals surface area contributed by atoms with Crippen LogP contribution < -0.4 is 0 Å². The van der Waals surface area contributed by atoms with E-state index in [1.165, 1.54) is 0 Å². The van der Waals surface area contributed by atoms with Gasteiger partial charge in [0.1, 0.15) is 0 Å². The molecule has 0 amide bonds. The number of halogens is 1. The number of benzene rings is 1. The minimum atomic E-state index is -1.44. The van der Waals surface area contributed by atoms with Gasteiger partial charge in [-0.15, -0.1) is 0 Å². The highest BCUT2D eigenvalue weighted by molar-refractivity contribution is 5.34. The molecule has 0 bridgehead atoms. The Bertz CT molecular complexity index is 284. The van der Waals surface area contributed by atoms with Crippen LogP contribution in [-0.4, -0.2) is 17.9 Å². The van der Waals surface area contributed by atoms with Crippen LogP contribution in [0.4, 0.5) is 4.39 Å². The minimum absolute atomic E-state index is 0.542. The molecule has 0 aliphatic rings. The Morgan fingerprint density at radius 1 is 1.33 bits per heavy atom. The van der Waals surface area contributed by atoms with Crippen molar-refractivity contribution < 1.29 is 9.50 Å². The molecule has 0 saturated carbocycles. The smallest absolute Gasteiger partial charge is 0.183 e. The maximum absolute atomic E-state index is 12.4. The van der Waals surface area contributed by atoms with Gasteiger partial charge in [-0.2, -0.15) is 0 Å². The summed E-state index contributed by atoms with van der Waals surface area (Å²) < 4.78 is 12.4. The molecule has 1 aromatic carbocycles. The Labute approximate surface area is 70.9 Å².